The zero-order chi connectivity index (χ0) is 8.69. The molecular formula is C7H15NO3. The summed E-state index contributed by atoms with van der Waals surface area (Å²) in [6.45, 7) is 2.69. The van der Waals surface area contributed by atoms with Crippen molar-refractivity contribution in [1.29, 1.82) is 0 Å². The summed E-state index contributed by atoms with van der Waals surface area (Å²) in [5.74, 6) is 0. The Morgan fingerprint density at radius 3 is 2.73 bits per heavy atom. The van der Waals surface area contributed by atoms with E-state index in [0.29, 0.717) is 0 Å². The van der Waals surface area contributed by atoms with Crippen molar-refractivity contribution in [3.8, 4) is 0 Å². The highest BCUT2D eigenvalue weighted by Crippen LogP contribution is 2.02. The van der Waals surface area contributed by atoms with Gasteiger partial charge in [0.2, 0.25) is 0 Å². The average molecular weight is 161 g/mol. The number of hydrogen-bond acceptors (Lipinski definition) is 3. The lowest BCUT2D eigenvalue weighted by Crippen LogP contribution is -2.21. The van der Waals surface area contributed by atoms with Gasteiger partial charge in [0.25, 0.3) is 0 Å². The van der Waals surface area contributed by atoms with Gasteiger partial charge in [-0.2, -0.15) is 0 Å². The third-order valence-corrected chi connectivity index (χ3v) is 1.44. The van der Waals surface area contributed by atoms with Crippen molar-refractivity contribution in [3.05, 3.63) is 0 Å². The molecule has 0 radical (unpaired) electrons. The predicted octanol–water partition coefficient (Wildman–Crippen LogP) is 1.07. The third-order valence-electron chi connectivity index (χ3n) is 1.44. The van der Waals surface area contributed by atoms with E-state index in [-0.39, 0.29) is 6.10 Å². The predicted molar refractivity (Wildman–Crippen MR) is 41.7 cm³/mol. The average Bonchev–Trinajstić information content (AvgIpc) is 1.97. The largest absolute Gasteiger partial charge is 0.506 e. The van der Waals surface area contributed by atoms with Crippen LogP contribution in [0.4, 0.5) is 4.79 Å². The van der Waals surface area contributed by atoms with E-state index in [2.05, 4.69) is 10.1 Å². The van der Waals surface area contributed by atoms with Crippen LogP contribution in [0, 0.1) is 0 Å². The van der Waals surface area contributed by atoms with Gasteiger partial charge >= 0.3 is 6.16 Å². The van der Waals surface area contributed by atoms with E-state index in [4.69, 9.17) is 5.11 Å². The summed E-state index contributed by atoms with van der Waals surface area (Å²) in [5, 5.41) is 11.2. The first-order valence-electron chi connectivity index (χ1n) is 3.74. The second-order valence-corrected chi connectivity index (χ2v) is 2.31. The van der Waals surface area contributed by atoms with E-state index >= 15 is 0 Å². The Balaban J connectivity index is 3.49. The molecule has 0 aromatic rings. The van der Waals surface area contributed by atoms with Crippen molar-refractivity contribution in [2.45, 2.75) is 25.9 Å². The van der Waals surface area contributed by atoms with Gasteiger partial charge in [-0.3, -0.25) is 0 Å². The fourth-order valence-corrected chi connectivity index (χ4v) is 0.794. The Bertz CT molecular complexity index is 116. The van der Waals surface area contributed by atoms with Crippen LogP contribution >= 0.6 is 0 Å². The van der Waals surface area contributed by atoms with Crippen LogP contribution in [0.15, 0.2) is 0 Å². The Morgan fingerprint density at radius 2 is 2.36 bits per heavy atom. The first-order chi connectivity index (χ1) is 5.20. The minimum Gasteiger partial charge on any atom is -0.450 e. The number of carbonyl (C=O) groups is 1. The maximum Gasteiger partial charge on any atom is 0.506 e. The molecular weight excluding hydrogens is 146 g/mol. The molecule has 0 aliphatic carbocycles. The summed E-state index contributed by atoms with van der Waals surface area (Å²) in [4.78, 5) is 10.1. The summed E-state index contributed by atoms with van der Waals surface area (Å²) in [6.07, 6.45) is 0.112. The first kappa shape index (κ1) is 10.2. The van der Waals surface area contributed by atoms with Crippen LogP contribution in [-0.2, 0) is 4.74 Å². The molecule has 0 saturated carbocycles. The van der Waals surface area contributed by atoms with E-state index in [9.17, 15) is 4.79 Å². The van der Waals surface area contributed by atoms with E-state index in [1.54, 1.807) is 0 Å². The molecule has 0 heterocycles. The highest BCUT2D eigenvalue weighted by Gasteiger charge is 2.09. The zero-order valence-electron chi connectivity index (χ0n) is 6.96. The first-order valence-corrected chi connectivity index (χ1v) is 3.74. The summed E-state index contributed by atoms with van der Waals surface area (Å²) in [7, 11) is 1.83. The molecule has 1 unspecified atom stereocenters. The van der Waals surface area contributed by atoms with Crippen LogP contribution in [0.5, 0.6) is 0 Å². The van der Waals surface area contributed by atoms with Gasteiger partial charge in [0.15, 0.2) is 0 Å². The molecule has 66 valence electrons. The highest BCUT2D eigenvalue weighted by atomic mass is 16.7. The third kappa shape index (κ3) is 5.66. The van der Waals surface area contributed by atoms with Gasteiger partial charge in [0.1, 0.15) is 6.10 Å². The van der Waals surface area contributed by atoms with Gasteiger partial charge in [-0.05, 0) is 26.4 Å². The van der Waals surface area contributed by atoms with Crippen molar-refractivity contribution in [2.24, 2.45) is 0 Å². The maximum absolute atomic E-state index is 10.1. The van der Waals surface area contributed by atoms with Crippen LogP contribution in [0.2, 0.25) is 0 Å². The highest BCUT2D eigenvalue weighted by molar-refractivity contribution is 5.57. The topological polar surface area (TPSA) is 58.6 Å². The van der Waals surface area contributed by atoms with Crippen molar-refractivity contribution in [1.82, 2.24) is 5.32 Å². The van der Waals surface area contributed by atoms with Crippen LogP contribution in [0.3, 0.4) is 0 Å². The summed E-state index contributed by atoms with van der Waals surface area (Å²) in [5.41, 5.74) is 0. The van der Waals surface area contributed by atoms with Gasteiger partial charge < -0.3 is 15.2 Å². The van der Waals surface area contributed by atoms with Crippen molar-refractivity contribution >= 4 is 6.16 Å². The van der Waals surface area contributed by atoms with Crippen LogP contribution in [0.1, 0.15) is 19.8 Å². The van der Waals surface area contributed by atoms with Gasteiger partial charge in [-0.1, -0.05) is 6.92 Å². The lowest BCUT2D eigenvalue weighted by molar-refractivity contribution is 0.0469. The SMILES string of the molecule is CCC(CCNC)OC(=O)O. The standard InChI is InChI=1S/C7H15NO3/c1-3-6(4-5-8-2)11-7(9)10/h6,8H,3-5H2,1-2H3,(H,9,10). The van der Waals surface area contributed by atoms with E-state index < -0.39 is 6.16 Å². The Morgan fingerprint density at radius 1 is 1.73 bits per heavy atom. The fourth-order valence-electron chi connectivity index (χ4n) is 0.794. The lowest BCUT2D eigenvalue weighted by Gasteiger charge is -2.12. The van der Waals surface area contributed by atoms with Gasteiger partial charge in [0, 0.05) is 0 Å². The molecule has 11 heavy (non-hydrogen) atoms. The van der Waals surface area contributed by atoms with Crippen LogP contribution in [-0.4, -0.2) is 31.0 Å². The lowest BCUT2D eigenvalue weighted by atomic mass is 10.2. The van der Waals surface area contributed by atoms with E-state index in [1.807, 2.05) is 14.0 Å². The molecule has 0 spiro atoms. The minimum absolute atomic E-state index is 0.167. The van der Waals surface area contributed by atoms with Crippen molar-refractivity contribution in [2.75, 3.05) is 13.6 Å². The Hall–Kier alpha value is -0.770. The molecule has 0 rings (SSSR count). The molecule has 4 heteroatoms. The summed E-state index contributed by atoms with van der Waals surface area (Å²) < 4.78 is 4.58. The summed E-state index contributed by atoms with van der Waals surface area (Å²) >= 11 is 0. The van der Waals surface area contributed by atoms with E-state index in [1.165, 1.54) is 0 Å². The van der Waals surface area contributed by atoms with Crippen molar-refractivity contribution in [3.63, 3.8) is 0 Å². The quantitative estimate of drug-likeness (QED) is 0.592. The maximum atomic E-state index is 10.1. The second-order valence-electron chi connectivity index (χ2n) is 2.31. The molecule has 1 atom stereocenters. The van der Waals surface area contributed by atoms with Crippen molar-refractivity contribution < 1.29 is 14.6 Å². The van der Waals surface area contributed by atoms with Gasteiger partial charge in [-0.15, -0.1) is 0 Å². The molecule has 2 N–H and O–H groups in total. The number of nitrogens with one attached hydrogen (secondary N) is 1. The smallest absolute Gasteiger partial charge is 0.450 e. The van der Waals surface area contributed by atoms with Crippen LogP contribution in [0.25, 0.3) is 0 Å². The molecule has 0 aliphatic heterocycles. The number of hydrogen-bond donors (Lipinski definition) is 2. The fraction of sp³-hybridized carbons (Fsp3) is 0.857. The molecule has 0 aromatic heterocycles. The zero-order valence-corrected chi connectivity index (χ0v) is 6.96. The van der Waals surface area contributed by atoms with Gasteiger partial charge in [-0.25, -0.2) is 4.79 Å². The van der Waals surface area contributed by atoms with E-state index in [0.717, 1.165) is 19.4 Å². The molecule has 0 aromatic carbocycles. The molecule has 0 amide bonds. The summed E-state index contributed by atoms with van der Waals surface area (Å²) in [6, 6.07) is 0. The van der Waals surface area contributed by atoms with Crippen LogP contribution < -0.4 is 5.32 Å². The molecule has 4 nitrogen and oxygen atoms in total. The number of rotatable bonds is 5. The molecule has 0 fully saturated rings. The number of ether oxygens (including phenoxy) is 1. The molecule has 0 saturated heterocycles. The number of carboxylic acid groups (broad SMARTS) is 1. The van der Waals surface area contributed by atoms with Gasteiger partial charge in [0.05, 0.1) is 0 Å². The molecule has 0 aliphatic rings. The molecule has 0 bridgehead atoms. The minimum atomic E-state index is -1.19. The Kier molecular flexibility index (Phi) is 5.56. The monoisotopic (exact) mass is 161 g/mol. The second kappa shape index (κ2) is 5.97. The normalized spacial score (nSPS) is 12.5. The Labute approximate surface area is 66.5 Å².